The first-order valence-electron chi connectivity index (χ1n) is 3.82. The van der Waals surface area contributed by atoms with Gasteiger partial charge in [0.15, 0.2) is 0 Å². The lowest BCUT2D eigenvalue weighted by Crippen LogP contribution is -2.11. The Labute approximate surface area is 88.6 Å². The van der Waals surface area contributed by atoms with Crippen molar-refractivity contribution in [1.82, 2.24) is 0 Å². The van der Waals surface area contributed by atoms with Gasteiger partial charge < -0.3 is 4.74 Å². The first-order valence-corrected chi connectivity index (χ1v) is 5.37. The van der Waals surface area contributed by atoms with Gasteiger partial charge in [-0.3, -0.25) is 0 Å². The Morgan fingerprint density at radius 3 is 2.19 bits per heavy atom. The maximum absolute atomic E-state index is 12.1. The Morgan fingerprint density at radius 1 is 1.19 bits per heavy atom. The summed E-state index contributed by atoms with van der Waals surface area (Å²) in [6.07, 6.45) is 0. The number of alkyl halides is 4. The number of halogens is 4. The van der Waals surface area contributed by atoms with Crippen molar-refractivity contribution in [2.75, 3.05) is 0 Å². The summed E-state index contributed by atoms with van der Waals surface area (Å²) in [4.78, 5) is -0.705. The van der Waals surface area contributed by atoms with E-state index >= 15 is 0 Å². The molecule has 89 valence electrons. The van der Waals surface area contributed by atoms with Crippen LogP contribution in [-0.4, -0.2) is 20.8 Å². The largest absolute Gasteiger partial charge is 0.434 e. The molecule has 0 saturated heterocycles. The van der Waals surface area contributed by atoms with Crippen LogP contribution in [0, 0.1) is 6.07 Å². The summed E-state index contributed by atoms with van der Waals surface area (Å²) >= 11 is 0. The lowest BCUT2D eigenvalue weighted by atomic mass is 10.3. The smallest absolute Gasteiger partial charge is 0.387 e. The zero-order valence-electron chi connectivity index (χ0n) is 7.53. The molecule has 0 spiro atoms. The molecule has 1 aromatic rings. The molecule has 0 aliphatic heterocycles. The molecular weight excluding hydrogens is 252 g/mol. The monoisotopic (exact) mass is 257 g/mol. The Kier molecular flexibility index (Phi) is 3.74. The van der Waals surface area contributed by atoms with Crippen LogP contribution in [0.15, 0.2) is 23.1 Å². The van der Waals surface area contributed by atoms with Crippen molar-refractivity contribution >= 4 is 9.84 Å². The van der Waals surface area contributed by atoms with Gasteiger partial charge >= 0.3 is 12.4 Å². The highest BCUT2D eigenvalue weighted by Crippen LogP contribution is 2.21. The molecule has 1 rings (SSSR count). The molecule has 0 N–H and O–H groups in total. The fourth-order valence-corrected chi connectivity index (χ4v) is 1.53. The van der Waals surface area contributed by atoms with Gasteiger partial charge in [0, 0.05) is 6.07 Å². The third-order valence-corrected chi connectivity index (χ3v) is 2.91. The van der Waals surface area contributed by atoms with Gasteiger partial charge in [0.1, 0.15) is 5.75 Å². The van der Waals surface area contributed by atoms with Gasteiger partial charge in [0.25, 0.3) is 0 Å². The molecule has 1 radical (unpaired) electrons. The van der Waals surface area contributed by atoms with E-state index in [9.17, 15) is 26.0 Å². The molecule has 0 aliphatic carbocycles. The van der Waals surface area contributed by atoms with Gasteiger partial charge in [-0.25, -0.2) is 8.42 Å². The Hall–Kier alpha value is -1.31. The number of hydrogen-bond donors (Lipinski definition) is 0. The highest BCUT2D eigenvalue weighted by Gasteiger charge is 2.26. The molecule has 3 nitrogen and oxygen atoms in total. The lowest BCUT2D eigenvalue weighted by molar-refractivity contribution is -0.0500. The lowest BCUT2D eigenvalue weighted by Gasteiger charge is -2.05. The van der Waals surface area contributed by atoms with E-state index in [-0.39, 0.29) is 0 Å². The van der Waals surface area contributed by atoms with Crippen molar-refractivity contribution in [3.8, 4) is 5.75 Å². The molecule has 0 aromatic heterocycles. The summed E-state index contributed by atoms with van der Waals surface area (Å²) < 4.78 is 73.2. The van der Waals surface area contributed by atoms with Crippen molar-refractivity contribution in [2.24, 2.45) is 0 Å². The number of ether oxygens (including phenoxy) is 1. The van der Waals surface area contributed by atoms with E-state index in [2.05, 4.69) is 4.74 Å². The fourth-order valence-electron chi connectivity index (χ4n) is 0.845. The highest BCUT2D eigenvalue weighted by atomic mass is 32.2. The quantitative estimate of drug-likeness (QED) is 0.776. The van der Waals surface area contributed by atoms with Crippen molar-refractivity contribution < 1.29 is 30.7 Å². The second-order valence-electron chi connectivity index (χ2n) is 2.57. The van der Waals surface area contributed by atoms with Crippen LogP contribution < -0.4 is 4.74 Å². The van der Waals surface area contributed by atoms with Crippen molar-refractivity contribution in [2.45, 2.75) is 17.3 Å². The summed E-state index contributed by atoms with van der Waals surface area (Å²) in [7, 11) is -4.73. The predicted octanol–water partition coefficient (Wildman–Crippen LogP) is 2.08. The van der Waals surface area contributed by atoms with E-state index < -0.39 is 32.9 Å². The summed E-state index contributed by atoms with van der Waals surface area (Å²) in [6, 6.07) is 4.23. The zero-order chi connectivity index (χ0) is 12.3. The van der Waals surface area contributed by atoms with E-state index in [0.29, 0.717) is 6.07 Å². The normalized spacial score (nSPS) is 12.1. The van der Waals surface area contributed by atoms with E-state index in [1.54, 1.807) is 0 Å². The standard InChI is InChI=1S/C8H5F4O3S/c9-7(10)15-5-1-3-6(4-2-5)16(13,14)8(11)12/h1,3-4,7-8H. The molecule has 0 heterocycles. The number of hydrogen-bond acceptors (Lipinski definition) is 3. The minimum absolute atomic E-state index is 0.428. The zero-order valence-corrected chi connectivity index (χ0v) is 8.35. The van der Waals surface area contributed by atoms with Gasteiger partial charge in [-0.05, 0) is 18.2 Å². The number of sulfone groups is 1. The van der Waals surface area contributed by atoms with E-state index in [4.69, 9.17) is 0 Å². The molecule has 0 saturated carbocycles. The Morgan fingerprint density at radius 2 is 1.81 bits per heavy atom. The summed E-state index contributed by atoms with van der Waals surface area (Å²) in [5, 5.41) is 0. The summed E-state index contributed by atoms with van der Waals surface area (Å²) in [5.41, 5.74) is 0. The molecule has 0 unspecified atom stereocenters. The topological polar surface area (TPSA) is 43.4 Å². The maximum atomic E-state index is 12.1. The van der Waals surface area contributed by atoms with Gasteiger partial charge in [-0.2, -0.15) is 17.6 Å². The SMILES string of the molecule is O=S(=O)(c1c[c]c(OC(F)F)cc1)C(F)F. The molecule has 16 heavy (non-hydrogen) atoms. The average Bonchev–Trinajstić information content (AvgIpc) is 2.17. The van der Waals surface area contributed by atoms with Crippen molar-refractivity contribution in [3.63, 3.8) is 0 Å². The molecule has 0 fully saturated rings. The van der Waals surface area contributed by atoms with Gasteiger partial charge in [0.2, 0.25) is 9.84 Å². The molecule has 0 bridgehead atoms. The van der Waals surface area contributed by atoms with E-state index in [0.717, 1.165) is 12.1 Å². The van der Waals surface area contributed by atoms with Crippen molar-refractivity contribution in [3.05, 3.63) is 24.3 Å². The van der Waals surface area contributed by atoms with Gasteiger partial charge in [-0.15, -0.1) is 0 Å². The minimum atomic E-state index is -4.73. The van der Waals surface area contributed by atoms with Gasteiger partial charge in [0.05, 0.1) is 4.90 Å². The molecule has 1 aromatic carbocycles. The van der Waals surface area contributed by atoms with Crippen LogP contribution >= 0.6 is 0 Å². The highest BCUT2D eigenvalue weighted by molar-refractivity contribution is 7.91. The minimum Gasteiger partial charge on any atom is -0.434 e. The van der Waals surface area contributed by atoms with Crippen LogP contribution in [0.3, 0.4) is 0 Å². The maximum Gasteiger partial charge on any atom is 0.387 e. The third kappa shape index (κ3) is 2.84. The number of benzene rings is 1. The van der Waals surface area contributed by atoms with Crippen molar-refractivity contribution in [1.29, 1.82) is 0 Å². The van der Waals surface area contributed by atoms with Crippen LogP contribution in [0.2, 0.25) is 0 Å². The number of rotatable bonds is 4. The van der Waals surface area contributed by atoms with Crippen LogP contribution in [0.4, 0.5) is 17.6 Å². The predicted molar refractivity (Wildman–Crippen MR) is 45.1 cm³/mol. The molecule has 0 amide bonds. The van der Waals surface area contributed by atoms with Crippen LogP contribution in [-0.2, 0) is 9.84 Å². The molecule has 0 atom stereocenters. The second kappa shape index (κ2) is 4.69. The molecular formula is C8H5F4O3S. The summed E-state index contributed by atoms with van der Waals surface area (Å²) in [6.45, 7) is -3.09. The molecule has 8 heteroatoms. The summed E-state index contributed by atoms with van der Waals surface area (Å²) in [5.74, 6) is -3.99. The van der Waals surface area contributed by atoms with Crippen LogP contribution in [0.5, 0.6) is 5.75 Å². The first kappa shape index (κ1) is 12.8. The third-order valence-electron chi connectivity index (χ3n) is 1.53. The molecule has 0 aliphatic rings. The van der Waals surface area contributed by atoms with E-state index in [1.807, 2.05) is 6.07 Å². The average molecular weight is 257 g/mol. The second-order valence-corrected chi connectivity index (χ2v) is 4.49. The van der Waals surface area contributed by atoms with Crippen LogP contribution in [0.1, 0.15) is 0 Å². The Balaban J connectivity index is 2.96. The van der Waals surface area contributed by atoms with Crippen LogP contribution in [0.25, 0.3) is 0 Å². The van der Waals surface area contributed by atoms with E-state index in [1.165, 1.54) is 0 Å². The Bertz CT molecular complexity index is 441. The fraction of sp³-hybridized carbons (Fsp3) is 0.250. The van der Waals surface area contributed by atoms with Gasteiger partial charge in [-0.1, -0.05) is 0 Å². The first-order chi connectivity index (χ1) is 7.34.